The second kappa shape index (κ2) is 13.1. The SMILES string of the molecule is O=C(O)CC/C=C/CCCCCCCCCC(=O)O. The van der Waals surface area contributed by atoms with Crippen LogP contribution in [0.3, 0.4) is 0 Å². The first-order chi connectivity index (χ1) is 9.13. The van der Waals surface area contributed by atoms with Crippen molar-refractivity contribution in [1.29, 1.82) is 0 Å². The lowest BCUT2D eigenvalue weighted by Crippen LogP contribution is -1.93. The lowest BCUT2D eigenvalue weighted by atomic mass is 10.1. The Morgan fingerprint density at radius 1 is 0.632 bits per heavy atom. The minimum absolute atomic E-state index is 0.215. The summed E-state index contributed by atoms with van der Waals surface area (Å²) in [6, 6.07) is 0. The molecule has 19 heavy (non-hydrogen) atoms. The fourth-order valence-corrected chi connectivity index (χ4v) is 1.86. The molecule has 110 valence electrons. The van der Waals surface area contributed by atoms with Crippen LogP contribution in [0.4, 0.5) is 0 Å². The molecule has 0 aromatic carbocycles. The summed E-state index contributed by atoms with van der Waals surface area (Å²) in [5.74, 6) is -1.44. The number of hydrogen-bond acceptors (Lipinski definition) is 2. The summed E-state index contributed by atoms with van der Waals surface area (Å²) >= 11 is 0. The predicted octanol–water partition coefficient (Wildman–Crippen LogP) is 4.00. The summed E-state index contributed by atoms with van der Waals surface area (Å²) in [4.78, 5) is 20.5. The van der Waals surface area contributed by atoms with E-state index in [1.165, 1.54) is 19.3 Å². The molecule has 0 saturated carbocycles. The van der Waals surface area contributed by atoms with Crippen LogP contribution in [0.15, 0.2) is 12.2 Å². The van der Waals surface area contributed by atoms with Crippen LogP contribution in [-0.2, 0) is 9.59 Å². The van der Waals surface area contributed by atoms with Gasteiger partial charge in [-0.1, -0.05) is 44.3 Å². The molecule has 0 bridgehead atoms. The molecule has 0 aromatic heterocycles. The van der Waals surface area contributed by atoms with Crippen LogP contribution in [0.5, 0.6) is 0 Å². The van der Waals surface area contributed by atoms with Crippen molar-refractivity contribution in [2.45, 2.75) is 70.6 Å². The van der Waals surface area contributed by atoms with E-state index in [1.54, 1.807) is 0 Å². The molecule has 0 saturated heterocycles. The summed E-state index contributed by atoms with van der Waals surface area (Å²) in [5, 5.41) is 16.9. The third kappa shape index (κ3) is 16.7. The third-order valence-electron chi connectivity index (χ3n) is 2.95. The van der Waals surface area contributed by atoms with Crippen molar-refractivity contribution in [1.82, 2.24) is 0 Å². The van der Waals surface area contributed by atoms with Crippen molar-refractivity contribution in [3.05, 3.63) is 12.2 Å². The third-order valence-corrected chi connectivity index (χ3v) is 2.95. The Bertz CT molecular complexity index is 271. The lowest BCUT2D eigenvalue weighted by Gasteiger charge is -2.00. The first-order valence-corrected chi connectivity index (χ1v) is 7.21. The van der Waals surface area contributed by atoms with Gasteiger partial charge in [0.1, 0.15) is 0 Å². The Kier molecular flexibility index (Phi) is 12.2. The van der Waals surface area contributed by atoms with Crippen LogP contribution in [0.1, 0.15) is 70.6 Å². The molecule has 0 fully saturated rings. The summed E-state index contributed by atoms with van der Waals surface area (Å²) in [7, 11) is 0. The van der Waals surface area contributed by atoms with E-state index in [9.17, 15) is 9.59 Å². The van der Waals surface area contributed by atoms with Crippen LogP contribution in [0, 0.1) is 0 Å². The molecule has 0 radical (unpaired) electrons. The maximum Gasteiger partial charge on any atom is 0.303 e. The van der Waals surface area contributed by atoms with E-state index in [2.05, 4.69) is 6.08 Å². The Balaban J connectivity index is 3.10. The van der Waals surface area contributed by atoms with Crippen molar-refractivity contribution in [2.24, 2.45) is 0 Å². The van der Waals surface area contributed by atoms with E-state index < -0.39 is 11.9 Å². The van der Waals surface area contributed by atoms with E-state index in [1.807, 2.05) is 6.08 Å². The van der Waals surface area contributed by atoms with E-state index in [4.69, 9.17) is 10.2 Å². The van der Waals surface area contributed by atoms with Crippen molar-refractivity contribution in [3.8, 4) is 0 Å². The summed E-state index contributed by atoms with van der Waals surface area (Å²) in [5.41, 5.74) is 0. The number of aliphatic carboxylic acids is 2. The number of carboxylic acids is 2. The van der Waals surface area contributed by atoms with Gasteiger partial charge < -0.3 is 10.2 Å². The minimum Gasteiger partial charge on any atom is -0.481 e. The molecule has 0 atom stereocenters. The zero-order valence-corrected chi connectivity index (χ0v) is 11.6. The molecular formula is C15H26O4. The zero-order chi connectivity index (χ0) is 14.3. The fourth-order valence-electron chi connectivity index (χ4n) is 1.86. The van der Waals surface area contributed by atoms with E-state index in [0.717, 1.165) is 32.1 Å². The highest BCUT2D eigenvalue weighted by molar-refractivity contribution is 5.66. The number of rotatable bonds is 13. The largest absolute Gasteiger partial charge is 0.481 e. The van der Waals surface area contributed by atoms with Crippen LogP contribution >= 0.6 is 0 Å². The van der Waals surface area contributed by atoms with Crippen molar-refractivity contribution in [2.75, 3.05) is 0 Å². The molecule has 2 N–H and O–H groups in total. The second-order valence-electron chi connectivity index (χ2n) is 4.81. The topological polar surface area (TPSA) is 74.6 Å². The molecule has 0 spiro atoms. The smallest absolute Gasteiger partial charge is 0.303 e. The van der Waals surface area contributed by atoms with Gasteiger partial charge in [0.25, 0.3) is 0 Å². The molecule has 0 aliphatic heterocycles. The number of allylic oxidation sites excluding steroid dienone is 2. The quantitative estimate of drug-likeness (QED) is 0.392. The number of hydrogen-bond donors (Lipinski definition) is 2. The summed E-state index contributed by atoms with van der Waals surface area (Å²) < 4.78 is 0. The molecule has 4 nitrogen and oxygen atoms in total. The van der Waals surface area contributed by atoms with Gasteiger partial charge in [0.15, 0.2) is 0 Å². The Morgan fingerprint density at radius 2 is 1.11 bits per heavy atom. The molecule has 0 amide bonds. The van der Waals surface area contributed by atoms with Gasteiger partial charge in [-0.25, -0.2) is 0 Å². The maximum atomic E-state index is 10.3. The highest BCUT2D eigenvalue weighted by Crippen LogP contribution is 2.10. The molecule has 0 aliphatic rings. The van der Waals surface area contributed by atoms with Crippen LogP contribution in [0.2, 0.25) is 0 Å². The van der Waals surface area contributed by atoms with Crippen LogP contribution in [0.25, 0.3) is 0 Å². The molecule has 0 heterocycles. The van der Waals surface area contributed by atoms with Gasteiger partial charge in [-0.15, -0.1) is 0 Å². The van der Waals surface area contributed by atoms with Gasteiger partial charge in [-0.2, -0.15) is 0 Å². The monoisotopic (exact) mass is 270 g/mol. The Morgan fingerprint density at radius 3 is 1.68 bits per heavy atom. The van der Waals surface area contributed by atoms with Crippen LogP contribution in [-0.4, -0.2) is 22.2 Å². The van der Waals surface area contributed by atoms with Crippen molar-refractivity contribution >= 4 is 11.9 Å². The second-order valence-corrected chi connectivity index (χ2v) is 4.81. The van der Waals surface area contributed by atoms with Gasteiger partial charge in [-0.3, -0.25) is 9.59 Å². The Labute approximate surface area is 115 Å². The minimum atomic E-state index is -0.743. The first kappa shape index (κ1) is 17.7. The van der Waals surface area contributed by atoms with Crippen molar-refractivity contribution < 1.29 is 19.8 Å². The number of carboxylic acid groups (broad SMARTS) is 2. The van der Waals surface area contributed by atoms with Gasteiger partial charge in [-0.05, 0) is 25.7 Å². The maximum absolute atomic E-state index is 10.3. The van der Waals surface area contributed by atoms with Crippen molar-refractivity contribution in [3.63, 3.8) is 0 Å². The number of carbonyl (C=O) groups is 2. The van der Waals surface area contributed by atoms with Gasteiger partial charge >= 0.3 is 11.9 Å². The molecule has 0 aliphatic carbocycles. The van der Waals surface area contributed by atoms with E-state index >= 15 is 0 Å². The van der Waals surface area contributed by atoms with Gasteiger partial charge in [0, 0.05) is 12.8 Å². The summed E-state index contributed by atoms with van der Waals surface area (Å²) in [6.07, 6.45) is 13.8. The predicted molar refractivity (Wildman–Crippen MR) is 75.2 cm³/mol. The molecule has 4 heteroatoms. The first-order valence-electron chi connectivity index (χ1n) is 7.21. The van der Waals surface area contributed by atoms with E-state index in [-0.39, 0.29) is 6.42 Å². The highest BCUT2D eigenvalue weighted by Gasteiger charge is 1.96. The highest BCUT2D eigenvalue weighted by atomic mass is 16.4. The van der Waals surface area contributed by atoms with Gasteiger partial charge in [0.2, 0.25) is 0 Å². The molecular weight excluding hydrogens is 244 g/mol. The molecule has 0 rings (SSSR count). The molecule has 0 unspecified atom stereocenters. The van der Waals surface area contributed by atoms with E-state index in [0.29, 0.717) is 12.8 Å². The number of unbranched alkanes of at least 4 members (excludes halogenated alkanes) is 7. The lowest BCUT2D eigenvalue weighted by molar-refractivity contribution is -0.138. The zero-order valence-electron chi connectivity index (χ0n) is 11.6. The normalized spacial score (nSPS) is 10.9. The Hall–Kier alpha value is -1.32. The average Bonchev–Trinajstić information content (AvgIpc) is 2.34. The van der Waals surface area contributed by atoms with Crippen LogP contribution < -0.4 is 0 Å². The van der Waals surface area contributed by atoms with Gasteiger partial charge in [0.05, 0.1) is 0 Å². The standard InChI is InChI=1S/C15H26O4/c16-14(17)12-10-8-6-4-2-1-3-5-7-9-11-13-15(18)19/h6,8H,1-5,7,9-13H2,(H,16,17)(H,18,19)/b8-6+. The average molecular weight is 270 g/mol. The fraction of sp³-hybridized carbons (Fsp3) is 0.733. The molecule has 0 aromatic rings. The summed E-state index contributed by atoms with van der Waals surface area (Å²) in [6.45, 7) is 0.